The summed E-state index contributed by atoms with van der Waals surface area (Å²) in [6, 6.07) is 0. The molecule has 0 spiro atoms. The number of allylic oxidation sites excluding steroid dienone is 1. The van der Waals surface area contributed by atoms with Crippen LogP contribution in [-0.2, 0) is 4.79 Å². The van der Waals surface area contributed by atoms with Crippen LogP contribution in [0.3, 0.4) is 0 Å². The molecule has 2 nitrogen and oxygen atoms in total. The van der Waals surface area contributed by atoms with E-state index in [4.69, 9.17) is 0 Å². The smallest absolute Gasteiger partial charge is 0.125 e. The molecule has 3 fully saturated rings. The van der Waals surface area contributed by atoms with E-state index in [1.807, 2.05) is 0 Å². The lowest BCUT2D eigenvalue weighted by molar-refractivity contribution is -0.123. The minimum Gasteiger partial charge on any atom is -0.393 e. The van der Waals surface area contributed by atoms with Crippen molar-refractivity contribution in [2.45, 2.75) is 85.2 Å². The number of hydrogen-bond donors (Lipinski definition) is 1. The fraction of sp³-hybridized carbons (Fsp3) is 0.870. The minimum atomic E-state index is -0.190. The molecule has 0 amide bonds. The van der Waals surface area contributed by atoms with E-state index in [0.717, 1.165) is 37.0 Å². The first-order valence-electron chi connectivity index (χ1n) is 10.6. The van der Waals surface area contributed by atoms with Gasteiger partial charge >= 0.3 is 0 Å². The Balaban J connectivity index is 1.65. The van der Waals surface area contributed by atoms with Crippen molar-refractivity contribution in [2.75, 3.05) is 0 Å². The number of aliphatic hydroxyl groups is 1. The summed E-state index contributed by atoms with van der Waals surface area (Å²) in [5, 5.41) is 10.1. The summed E-state index contributed by atoms with van der Waals surface area (Å²) >= 11 is 0. The lowest BCUT2D eigenvalue weighted by Crippen LogP contribution is -2.51. The van der Waals surface area contributed by atoms with Crippen molar-refractivity contribution in [1.82, 2.24) is 0 Å². The van der Waals surface area contributed by atoms with Crippen LogP contribution < -0.4 is 0 Å². The third-order valence-corrected chi connectivity index (χ3v) is 9.28. The van der Waals surface area contributed by atoms with Gasteiger partial charge in [-0.25, -0.2) is 0 Å². The normalized spacial score (nSPS) is 49.6. The molecule has 25 heavy (non-hydrogen) atoms. The molecule has 4 rings (SSSR count). The molecule has 3 saturated carbocycles. The summed E-state index contributed by atoms with van der Waals surface area (Å²) in [6.45, 7) is 9.31. The van der Waals surface area contributed by atoms with Gasteiger partial charge in [0.05, 0.1) is 6.10 Å². The van der Waals surface area contributed by atoms with Crippen LogP contribution in [0.5, 0.6) is 0 Å². The molecule has 4 aliphatic carbocycles. The Bertz CT molecular complexity index is 591. The van der Waals surface area contributed by atoms with Crippen LogP contribution in [0.1, 0.15) is 79.1 Å². The third kappa shape index (κ3) is 2.42. The molecule has 0 aromatic rings. The fourth-order valence-corrected chi connectivity index (χ4v) is 7.95. The van der Waals surface area contributed by atoms with Gasteiger partial charge in [-0.1, -0.05) is 39.3 Å². The molecule has 140 valence electrons. The lowest BCUT2D eigenvalue weighted by Gasteiger charge is -2.58. The Kier molecular flexibility index (Phi) is 4.04. The maximum Gasteiger partial charge on any atom is 0.125 e. The van der Waals surface area contributed by atoms with Gasteiger partial charge in [0.1, 0.15) is 6.29 Å². The van der Waals surface area contributed by atoms with Gasteiger partial charge in [-0.3, -0.25) is 0 Å². The molecule has 7 atom stereocenters. The molecule has 0 saturated heterocycles. The second-order valence-corrected chi connectivity index (χ2v) is 10.8. The predicted molar refractivity (Wildman–Crippen MR) is 101 cm³/mol. The Morgan fingerprint density at radius 2 is 1.88 bits per heavy atom. The van der Waals surface area contributed by atoms with Crippen LogP contribution in [0.4, 0.5) is 0 Å². The Hall–Kier alpha value is -0.630. The van der Waals surface area contributed by atoms with E-state index < -0.39 is 0 Å². The zero-order valence-electron chi connectivity index (χ0n) is 16.6. The van der Waals surface area contributed by atoms with E-state index in [9.17, 15) is 9.90 Å². The van der Waals surface area contributed by atoms with Crippen LogP contribution in [0, 0.1) is 39.9 Å². The van der Waals surface area contributed by atoms with E-state index in [0.29, 0.717) is 16.7 Å². The van der Waals surface area contributed by atoms with Gasteiger partial charge in [0, 0.05) is 5.41 Å². The van der Waals surface area contributed by atoms with Crippen LogP contribution in [0.15, 0.2) is 11.6 Å². The van der Waals surface area contributed by atoms with Gasteiger partial charge in [-0.15, -0.1) is 0 Å². The molecule has 0 aromatic heterocycles. The molecule has 0 radical (unpaired) electrons. The van der Waals surface area contributed by atoms with E-state index in [1.54, 1.807) is 5.57 Å². The first-order valence-corrected chi connectivity index (χ1v) is 10.6. The summed E-state index contributed by atoms with van der Waals surface area (Å²) < 4.78 is 0. The van der Waals surface area contributed by atoms with Crippen molar-refractivity contribution >= 4 is 6.29 Å². The highest BCUT2D eigenvalue weighted by molar-refractivity contribution is 5.59. The summed E-state index contributed by atoms with van der Waals surface area (Å²) in [6.07, 6.45) is 13.0. The van der Waals surface area contributed by atoms with Crippen molar-refractivity contribution in [3.05, 3.63) is 11.6 Å². The first kappa shape index (κ1) is 17.8. The average Bonchev–Trinajstić information content (AvgIpc) is 2.93. The highest BCUT2D eigenvalue weighted by Crippen LogP contribution is 2.68. The number of carbonyl (C=O) groups excluding carboxylic acids is 1. The zero-order chi connectivity index (χ0) is 18.0. The summed E-state index contributed by atoms with van der Waals surface area (Å²) in [4.78, 5) is 11.7. The average molecular weight is 345 g/mol. The lowest BCUT2D eigenvalue weighted by atomic mass is 9.46. The molecule has 1 N–H and O–H groups in total. The number of aldehydes is 1. The number of rotatable bonds is 2. The number of carbonyl (C=O) groups is 1. The van der Waals surface area contributed by atoms with Gasteiger partial charge in [0.2, 0.25) is 0 Å². The van der Waals surface area contributed by atoms with E-state index in [2.05, 4.69) is 33.8 Å². The minimum absolute atomic E-state index is 0.117. The van der Waals surface area contributed by atoms with Crippen LogP contribution in [0.2, 0.25) is 0 Å². The maximum absolute atomic E-state index is 11.7. The predicted octanol–water partition coefficient (Wildman–Crippen LogP) is 5.15. The Morgan fingerprint density at radius 1 is 1.12 bits per heavy atom. The van der Waals surface area contributed by atoms with Crippen molar-refractivity contribution < 1.29 is 9.90 Å². The number of fused-ring (bicyclic) bond motifs is 5. The quantitative estimate of drug-likeness (QED) is 0.555. The van der Waals surface area contributed by atoms with Crippen LogP contribution in [0.25, 0.3) is 0 Å². The monoisotopic (exact) mass is 344 g/mol. The van der Waals surface area contributed by atoms with Crippen molar-refractivity contribution in [1.29, 1.82) is 0 Å². The molecule has 0 aromatic carbocycles. The van der Waals surface area contributed by atoms with E-state index >= 15 is 0 Å². The number of aliphatic hydroxyl groups excluding tert-OH is 1. The van der Waals surface area contributed by atoms with Crippen molar-refractivity contribution in [3.63, 3.8) is 0 Å². The standard InChI is InChI=1S/C23H36O2/c1-21(2,14-24)20-8-7-18-17-6-5-15-13-16(25)9-11-22(15,3)19(17)10-12-23(18,20)4/h5,14,16-20,25H,6-13H2,1-4H3. The highest BCUT2D eigenvalue weighted by atomic mass is 16.3. The third-order valence-electron chi connectivity index (χ3n) is 9.28. The van der Waals surface area contributed by atoms with Crippen molar-refractivity contribution in [2.24, 2.45) is 39.9 Å². The van der Waals surface area contributed by atoms with Gasteiger partial charge in [0.25, 0.3) is 0 Å². The van der Waals surface area contributed by atoms with Gasteiger partial charge in [0.15, 0.2) is 0 Å². The maximum atomic E-state index is 11.7. The van der Waals surface area contributed by atoms with Gasteiger partial charge in [-0.05, 0) is 85.9 Å². The number of hydrogen-bond acceptors (Lipinski definition) is 2. The topological polar surface area (TPSA) is 37.3 Å². The first-order chi connectivity index (χ1) is 11.7. The second-order valence-electron chi connectivity index (χ2n) is 10.8. The van der Waals surface area contributed by atoms with Gasteiger partial charge in [-0.2, -0.15) is 0 Å². The van der Waals surface area contributed by atoms with E-state index in [-0.39, 0.29) is 11.5 Å². The molecule has 2 heteroatoms. The van der Waals surface area contributed by atoms with Crippen molar-refractivity contribution in [3.8, 4) is 0 Å². The highest BCUT2D eigenvalue weighted by Gasteiger charge is 2.60. The molecule has 4 aliphatic rings. The Morgan fingerprint density at radius 3 is 2.60 bits per heavy atom. The van der Waals surface area contributed by atoms with E-state index in [1.165, 1.54) is 38.4 Å². The Labute approximate surface area is 153 Å². The van der Waals surface area contributed by atoms with Crippen LogP contribution in [-0.4, -0.2) is 17.5 Å². The molecule has 0 bridgehead atoms. The summed E-state index contributed by atoms with van der Waals surface area (Å²) in [5.41, 5.74) is 2.02. The molecular formula is C23H36O2. The molecular weight excluding hydrogens is 308 g/mol. The molecule has 0 heterocycles. The van der Waals surface area contributed by atoms with Crippen LogP contribution >= 0.6 is 0 Å². The molecule has 7 unspecified atom stereocenters. The summed E-state index contributed by atoms with van der Waals surface area (Å²) in [7, 11) is 0. The second kappa shape index (κ2) is 5.68. The molecule has 0 aliphatic heterocycles. The largest absolute Gasteiger partial charge is 0.393 e. The summed E-state index contributed by atoms with van der Waals surface area (Å²) in [5.74, 6) is 2.89. The SMILES string of the molecule is CC(C)(C=O)C1CCC2C3CC=C4CC(O)CCC4(C)C3CCC21C. The fourth-order valence-electron chi connectivity index (χ4n) is 7.95. The van der Waals surface area contributed by atoms with Gasteiger partial charge < -0.3 is 9.90 Å². The zero-order valence-corrected chi connectivity index (χ0v) is 16.6.